The predicted molar refractivity (Wildman–Crippen MR) is 135 cm³/mol. The van der Waals surface area contributed by atoms with Gasteiger partial charge in [-0.2, -0.15) is 0 Å². The number of aromatic nitrogens is 2. The van der Waals surface area contributed by atoms with E-state index in [0.717, 1.165) is 30.7 Å². The van der Waals surface area contributed by atoms with Crippen molar-refractivity contribution in [2.45, 2.75) is 52.9 Å². The highest BCUT2D eigenvalue weighted by atomic mass is 16.5. The van der Waals surface area contributed by atoms with E-state index in [1.807, 2.05) is 28.8 Å². The Morgan fingerprint density at radius 1 is 1.09 bits per heavy atom. The van der Waals surface area contributed by atoms with E-state index in [1.165, 1.54) is 30.4 Å². The van der Waals surface area contributed by atoms with Crippen molar-refractivity contribution in [3.63, 3.8) is 0 Å². The van der Waals surface area contributed by atoms with Crippen LogP contribution >= 0.6 is 0 Å². The van der Waals surface area contributed by atoms with Gasteiger partial charge in [-0.15, -0.1) is 0 Å². The third-order valence-electron chi connectivity index (χ3n) is 6.12. The van der Waals surface area contributed by atoms with Crippen LogP contribution in [0.25, 0.3) is 16.8 Å². The molecular formula is C28H37N3O2. The van der Waals surface area contributed by atoms with Crippen molar-refractivity contribution in [1.29, 1.82) is 0 Å². The summed E-state index contributed by atoms with van der Waals surface area (Å²) >= 11 is 0. The molecule has 0 aliphatic heterocycles. The minimum Gasteiger partial charge on any atom is -0.381 e. The summed E-state index contributed by atoms with van der Waals surface area (Å²) in [6.07, 6.45) is 8.99. The molecule has 0 saturated heterocycles. The van der Waals surface area contributed by atoms with Gasteiger partial charge < -0.3 is 10.1 Å². The van der Waals surface area contributed by atoms with Gasteiger partial charge in [0.1, 0.15) is 5.69 Å². The molecule has 0 aliphatic rings. The summed E-state index contributed by atoms with van der Waals surface area (Å²) in [5, 5.41) is 3.00. The number of carbonyl (C=O) groups is 1. The highest BCUT2D eigenvalue weighted by molar-refractivity contribution is 5.93. The fourth-order valence-corrected chi connectivity index (χ4v) is 3.98. The molecule has 33 heavy (non-hydrogen) atoms. The van der Waals surface area contributed by atoms with Crippen LogP contribution in [0.4, 0.5) is 0 Å². The number of carbonyl (C=O) groups excluding carboxylic acids is 1. The number of unbranched alkanes of at least 4 members (excludes halogenated alkanes) is 1. The second-order valence-electron chi connectivity index (χ2n) is 8.61. The molecule has 5 heteroatoms. The fourth-order valence-electron chi connectivity index (χ4n) is 3.98. The van der Waals surface area contributed by atoms with Crippen LogP contribution in [-0.2, 0) is 4.74 Å². The summed E-state index contributed by atoms with van der Waals surface area (Å²) in [6, 6.07) is 16.5. The third kappa shape index (κ3) is 7.03. The average molecular weight is 448 g/mol. The molecule has 0 saturated carbocycles. The van der Waals surface area contributed by atoms with Gasteiger partial charge in [-0.3, -0.25) is 9.36 Å². The van der Waals surface area contributed by atoms with Crippen LogP contribution in [0.2, 0.25) is 0 Å². The Kier molecular flexibility index (Phi) is 9.70. The molecular weight excluding hydrogens is 410 g/mol. The zero-order chi connectivity index (χ0) is 23.5. The zero-order valence-electron chi connectivity index (χ0n) is 20.2. The number of aryl methyl sites for hydroxylation is 1. The van der Waals surface area contributed by atoms with Crippen LogP contribution in [0, 0.1) is 12.8 Å². The van der Waals surface area contributed by atoms with Crippen LogP contribution in [0.3, 0.4) is 0 Å². The first kappa shape index (κ1) is 24.7. The Bertz CT molecular complexity index is 994. The number of nitrogens with one attached hydrogen (secondary N) is 1. The van der Waals surface area contributed by atoms with E-state index in [4.69, 9.17) is 4.74 Å². The van der Waals surface area contributed by atoms with Crippen molar-refractivity contribution in [3.05, 3.63) is 72.3 Å². The number of hydrogen-bond acceptors (Lipinski definition) is 3. The van der Waals surface area contributed by atoms with Crippen molar-refractivity contribution >= 4 is 5.91 Å². The largest absolute Gasteiger partial charge is 0.381 e. The van der Waals surface area contributed by atoms with Crippen molar-refractivity contribution in [1.82, 2.24) is 14.9 Å². The lowest BCUT2D eigenvalue weighted by Crippen LogP contribution is -2.27. The summed E-state index contributed by atoms with van der Waals surface area (Å²) in [7, 11) is 0. The molecule has 2 aromatic carbocycles. The lowest BCUT2D eigenvalue weighted by Gasteiger charge is -2.14. The van der Waals surface area contributed by atoms with Crippen molar-refractivity contribution in [2.75, 3.05) is 19.8 Å². The van der Waals surface area contributed by atoms with Gasteiger partial charge in [0.15, 0.2) is 0 Å². The molecule has 1 amide bonds. The Hall–Kier alpha value is -2.92. The van der Waals surface area contributed by atoms with Crippen LogP contribution in [-0.4, -0.2) is 35.2 Å². The molecule has 0 radical (unpaired) electrons. The van der Waals surface area contributed by atoms with Crippen LogP contribution in [0.5, 0.6) is 0 Å². The molecule has 0 spiro atoms. The second-order valence-corrected chi connectivity index (χ2v) is 8.61. The number of nitrogens with zero attached hydrogens (tertiary/aromatic N) is 2. The maximum absolute atomic E-state index is 12.7. The van der Waals surface area contributed by atoms with Crippen LogP contribution < -0.4 is 5.32 Å². The van der Waals surface area contributed by atoms with Gasteiger partial charge in [-0.05, 0) is 54.5 Å². The van der Waals surface area contributed by atoms with Gasteiger partial charge in [-0.25, -0.2) is 4.98 Å². The SMILES string of the molecule is CCCC[C@@H](CC)COCCCNC(=O)c1cncn1-c1ccc(-c2ccccc2C)cc1. The average Bonchev–Trinajstić information content (AvgIpc) is 3.33. The minimum absolute atomic E-state index is 0.120. The molecule has 0 fully saturated rings. The summed E-state index contributed by atoms with van der Waals surface area (Å²) in [6.45, 7) is 8.63. The Morgan fingerprint density at radius 3 is 2.61 bits per heavy atom. The highest BCUT2D eigenvalue weighted by Gasteiger charge is 2.13. The van der Waals surface area contributed by atoms with E-state index in [2.05, 4.69) is 55.3 Å². The first-order valence-corrected chi connectivity index (χ1v) is 12.2. The Morgan fingerprint density at radius 2 is 1.88 bits per heavy atom. The molecule has 3 rings (SSSR count). The van der Waals surface area contributed by atoms with Crippen LogP contribution in [0.1, 0.15) is 62.0 Å². The molecule has 5 nitrogen and oxygen atoms in total. The van der Waals surface area contributed by atoms with Gasteiger partial charge >= 0.3 is 0 Å². The predicted octanol–water partition coefficient (Wildman–Crippen LogP) is 6.20. The summed E-state index contributed by atoms with van der Waals surface area (Å²) < 4.78 is 7.66. The molecule has 1 N–H and O–H groups in total. The van der Waals surface area contributed by atoms with Gasteiger partial charge in [0.2, 0.25) is 0 Å². The molecule has 1 aromatic heterocycles. The normalized spacial score (nSPS) is 12.0. The van der Waals surface area contributed by atoms with E-state index in [0.29, 0.717) is 24.8 Å². The van der Waals surface area contributed by atoms with E-state index in [9.17, 15) is 4.79 Å². The summed E-state index contributed by atoms with van der Waals surface area (Å²) in [4.78, 5) is 16.9. The van der Waals surface area contributed by atoms with Gasteiger partial charge in [0.05, 0.1) is 12.5 Å². The zero-order valence-corrected chi connectivity index (χ0v) is 20.2. The topological polar surface area (TPSA) is 56.1 Å². The lowest BCUT2D eigenvalue weighted by molar-refractivity contribution is 0.0872. The number of ether oxygens (including phenoxy) is 1. The summed E-state index contributed by atoms with van der Waals surface area (Å²) in [5.74, 6) is 0.524. The first-order valence-electron chi connectivity index (χ1n) is 12.2. The smallest absolute Gasteiger partial charge is 0.269 e. The van der Waals surface area contributed by atoms with Crippen molar-refractivity contribution in [2.24, 2.45) is 5.92 Å². The van der Waals surface area contributed by atoms with E-state index < -0.39 is 0 Å². The lowest BCUT2D eigenvalue weighted by atomic mass is 10.0. The quantitative estimate of drug-likeness (QED) is 0.317. The van der Waals surface area contributed by atoms with E-state index >= 15 is 0 Å². The molecule has 3 aromatic rings. The van der Waals surface area contributed by atoms with Crippen LogP contribution in [0.15, 0.2) is 61.1 Å². The van der Waals surface area contributed by atoms with Gasteiger partial charge in [-0.1, -0.05) is 69.5 Å². The highest BCUT2D eigenvalue weighted by Crippen LogP contribution is 2.24. The molecule has 176 valence electrons. The fraction of sp³-hybridized carbons (Fsp3) is 0.429. The van der Waals surface area contributed by atoms with E-state index in [1.54, 1.807) is 12.5 Å². The van der Waals surface area contributed by atoms with Crippen molar-refractivity contribution < 1.29 is 9.53 Å². The first-order chi connectivity index (χ1) is 16.1. The number of rotatable bonds is 13. The second kappa shape index (κ2) is 12.9. The monoisotopic (exact) mass is 447 g/mol. The molecule has 1 atom stereocenters. The Labute approximate surface area is 198 Å². The molecule has 0 unspecified atom stereocenters. The van der Waals surface area contributed by atoms with Crippen molar-refractivity contribution in [3.8, 4) is 16.8 Å². The number of hydrogen-bond donors (Lipinski definition) is 1. The number of imidazole rings is 1. The summed E-state index contributed by atoms with van der Waals surface area (Å²) in [5.41, 5.74) is 5.05. The number of amides is 1. The Balaban J connectivity index is 1.50. The minimum atomic E-state index is -0.120. The maximum Gasteiger partial charge on any atom is 0.269 e. The standard InChI is InChI=1S/C28H37N3O2/c1-4-6-11-23(5-2)20-33-18-9-17-30-28(32)27-19-29-21-31(27)25-15-13-24(14-16-25)26-12-8-7-10-22(26)3/h7-8,10,12-16,19,21,23H,4-6,9,11,17-18,20H2,1-3H3,(H,30,32)/t23-/m1/s1. The third-order valence-corrected chi connectivity index (χ3v) is 6.12. The van der Waals surface area contributed by atoms with Gasteiger partial charge in [0.25, 0.3) is 5.91 Å². The molecule has 0 aliphatic carbocycles. The van der Waals surface area contributed by atoms with E-state index in [-0.39, 0.29) is 5.91 Å². The number of benzene rings is 2. The maximum atomic E-state index is 12.7. The molecule has 1 heterocycles. The van der Waals surface area contributed by atoms with Gasteiger partial charge in [0, 0.05) is 25.4 Å². The molecule has 0 bridgehead atoms.